The fraction of sp³-hybridized carbons (Fsp3) is 0.533. The molecule has 4 heteroatoms. The van der Waals surface area contributed by atoms with Crippen molar-refractivity contribution in [1.82, 2.24) is 4.90 Å². The summed E-state index contributed by atoms with van der Waals surface area (Å²) < 4.78 is 13.7. The van der Waals surface area contributed by atoms with Crippen LogP contribution >= 0.6 is 11.6 Å². The smallest absolute Gasteiger partial charge is 0.256 e. The zero-order valence-corrected chi connectivity index (χ0v) is 12.3. The van der Waals surface area contributed by atoms with E-state index >= 15 is 0 Å². The summed E-state index contributed by atoms with van der Waals surface area (Å²) in [6, 6.07) is 4.10. The van der Waals surface area contributed by atoms with Crippen molar-refractivity contribution in [1.29, 1.82) is 0 Å². The fourth-order valence-electron chi connectivity index (χ4n) is 2.48. The average Bonchev–Trinajstić information content (AvgIpc) is 2.80. The Morgan fingerprint density at radius 3 is 2.68 bits per heavy atom. The first kappa shape index (κ1) is 14.3. The molecule has 1 amide bonds. The van der Waals surface area contributed by atoms with Crippen molar-refractivity contribution >= 4 is 17.5 Å². The van der Waals surface area contributed by atoms with Crippen LogP contribution in [0.3, 0.4) is 0 Å². The Bertz CT molecular complexity index is 495. The predicted molar refractivity (Wildman–Crippen MR) is 74.9 cm³/mol. The molecule has 2 rings (SSSR count). The number of amides is 1. The van der Waals surface area contributed by atoms with Crippen LogP contribution in [0.2, 0.25) is 5.02 Å². The van der Waals surface area contributed by atoms with E-state index in [2.05, 4.69) is 20.8 Å². The first-order valence-corrected chi connectivity index (χ1v) is 6.91. The topological polar surface area (TPSA) is 20.3 Å². The number of halogens is 2. The molecule has 2 nitrogen and oxygen atoms in total. The van der Waals surface area contributed by atoms with E-state index in [9.17, 15) is 9.18 Å². The van der Waals surface area contributed by atoms with Crippen molar-refractivity contribution in [2.45, 2.75) is 27.2 Å². The van der Waals surface area contributed by atoms with E-state index in [0.29, 0.717) is 24.0 Å². The van der Waals surface area contributed by atoms with Crippen molar-refractivity contribution < 1.29 is 9.18 Å². The van der Waals surface area contributed by atoms with Gasteiger partial charge in [0.1, 0.15) is 5.82 Å². The molecule has 0 aliphatic carbocycles. The van der Waals surface area contributed by atoms with E-state index < -0.39 is 5.82 Å². The molecule has 0 radical (unpaired) electrons. The second-order valence-electron chi connectivity index (χ2n) is 6.23. The molecule has 1 unspecified atom stereocenters. The summed E-state index contributed by atoms with van der Waals surface area (Å²) in [7, 11) is 0. The largest absolute Gasteiger partial charge is 0.338 e. The molecular weight excluding hydrogens is 265 g/mol. The highest BCUT2D eigenvalue weighted by molar-refractivity contribution is 6.31. The molecule has 19 heavy (non-hydrogen) atoms. The predicted octanol–water partition coefficient (Wildman–Crippen LogP) is 3.99. The SMILES string of the molecule is CC(C)(C)C1CCN(C(=O)c2cc(Cl)ccc2F)C1. The lowest BCUT2D eigenvalue weighted by atomic mass is 9.80. The van der Waals surface area contributed by atoms with Crippen LogP contribution < -0.4 is 0 Å². The van der Waals surface area contributed by atoms with Crippen molar-refractivity contribution in [2.24, 2.45) is 11.3 Å². The van der Waals surface area contributed by atoms with Crippen LogP contribution in [-0.2, 0) is 0 Å². The Kier molecular flexibility index (Phi) is 3.86. The minimum Gasteiger partial charge on any atom is -0.338 e. The van der Waals surface area contributed by atoms with Gasteiger partial charge < -0.3 is 4.90 Å². The van der Waals surface area contributed by atoms with Gasteiger partial charge in [-0.3, -0.25) is 4.79 Å². The Balaban J connectivity index is 2.16. The standard InChI is InChI=1S/C15H19ClFNO/c1-15(2,3)10-6-7-18(9-10)14(19)12-8-11(16)4-5-13(12)17/h4-5,8,10H,6-7,9H2,1-3H3. The van der Waals surface area contributed by atoms with E-state index in [0.717, 1.165) is 6.42 Å². The van der Waals surface area contributed by atoms with Gasteiger partial charge in [-0.2, -0.15) is 0 Å². The normalized spacial score (nSPS) is 19.8. The number of nitrogens with zero attached hydrogens (tertiary/aromatic N) is 1. The van der Waals surface area contributed by atoms with E-state index in [1.807, 2.05) is 0 Å². The summed E-state index contributed by atoms with van der Waals surface area (Å²) in [5, 5.41) is 0.385. The highest BCUT2D eigenvalue weighted by Gasteiger charge is 2.34. The second kappa shape index (κ2) is 5.12. The Hall–Kier alpha value is -1.09. The quantitative estimate of drug-likeness (QED) is 0.763. The molecular formula is C15H19ClFNO. The molecule has 1 saturated heterocycles. The summed E-state index contributed by atoms with van der Waals surface area (Å²) in [4.78, 5) is 14.0. The summed E-state index contributed by atoms with van der Waals surface area (Å²) in [5.74, 6) is -0.306. The molecule has 0 aromatic heterocycles. The summed E-state index contributed by atoms with van der Waals surface area (Å²) >= 11 is 5.83. The third kappa shape index (κ3) is 3.08. The van der Waals surface area contributed by atoms with Crippen LogP contribution in [-0.4, -0.2) is 23.9 Å². The maximum Gasteiger partial charge on any atom is 0.256 e. The Labute approximate surface area is 118 Å². The van der Waals surface area contributed by atoms with Gasteiger partial charge in [0, 0.05) is 18.1 Å². The van der Waals surface area contributed by atoms with Crippen molar-refractivity contribution in [3.8, 4) is 0 Å². The molecule has 0 N–H and O–H groups in total. The third-order valence-corrected chi connectivity index (χ3v) is 4.09. The van der Waals surface area contributed by atoms with E-state index in [4.69, 9.17) is 11.6 Å². The van der Waals surface area contributed by atoms with E-state index in [1.54, 1.807) is 4.90 Å². The van der Waals surface area contributed by atoms with Gasteiger partial charge in [0.05, 0.1) is 5.56 Å². The fourth-order valence-corrected chi connectivity index (χ4v) is 2.66. The molecule has 1 fully saturated rings. The summed E-state index contributed by atoms with van der Waals surface area (Å²) in [6.07, 6.45) is 0.970. The second-order valence-corrected chi connectivity index (χ2v) is 6.66. The van der Waals surface area contributed by atoms with Crippen molar-refractivity contribution in [3.63, 3.8) is 0 Å². The molecule has 104 valence electrons. The third-order valence-electron chi connectivity index (χ3n) is 3.86. The highest BCUT2D eigenvalue weighted by Crippen LogP contribution is 2.34. The van der Waals surface area contributed by atoms with Gasteiger partial charge in [0.25, 0.3) is 5.91 Å². The van der Waals surface area contributed by atoms with Crippen LogP contribution in [0.5, 0.6) is 0 Å². The number of hydrogen-bond acceptors (Lipinski definition) is 1. The Morgan fingerprint density at radius 2 is 2.11 bits per heavy atom. The van der Waals surface area contributed by atoms with E-state index in [-0.39, 0.29) is 16.9 Å². The first-order valence-electron chi connectivity index (χ1n) is 6.53. The number of likely N-dealkylation sites (tertiary alicyclic amines) is 1. The van der Waals surface area contributed by atoms with Gasteiger partial charge in [-0.25, -0.2) is 4.39 Å². The van der Waals surface area contributed by atoms with Crippen molar-refractivity contribution in [2.75, 3.05) is 13.1 Å². The maximum absolute atomic E-state index is 13.7. The summed E-state index contributed by atoms with van der Waals surface area (Å²) in [6.45, 7) is 7.89. The van der Waals surface area contributed by atoms with Gasteiger partial charge in [-0.15, -0.1) is 0 Å². The van der Waals surface area contributed by atoms with Crippen LogP contribution in [0.4, 0.5) is 4.39 Å². The number of hydrogen-bond donors (Lipinski definition) is 0. The van der Waals surface area contributed by atoms with Gasteiger partial charge >= 0.3 is 0 Å². The molecule has 0 spiro atoms. The minimum absolute atomic E-state index is 0.0714. The lowest BCUT2D eigenvalue weighted by molar-refractivity contribution is 0.0772. The number of rotatable bonds is 1. The van der Waals surface area contributed by atoms with Crippen LogP contribution in [0.15, 0.2) is 18.2 Å². The average molecular weight is 284 g/mol. The monoisotopic (exact) mass is 283 g/mol. The van der Waals surface area contributed by atoms with Gasteiger partial charge in [0.15, 0.2) is 0 Å². The van der Waals surface area contributed by atoms with Gasteiger partial charge in [-0.1, -0.05) is 32.4 Å². The van der Waals surface area contributed by atoms with Crippen LogP contribution in [0.25, 0.3) is 0 Å². The van der Waals surface area contributed by atoms with Crippen LogP contribution in [0.1, 0.15) is 37.6 Å². The van der Waals surface area contributed by atoms with Crippen molar-refractivity contribution in [3.05, 3.63) is 34.6 Å². The first-order chi connectivity index (χ1) is 8.79. The minimum atomic E-state index is -0.506. The lowest BCUT2D eigenvalue weighted by Gasteiger charge is -2.27. The summed E-state index contributed by atoms with van der Waals surface area (Å²) in [5.41, 5.74) is 0.240. The Morgan fingerprint density at radius 1 is 1.42 bits per heavy atom. The molecule has 0 bridgehead atoms. The van der Waals surface area contributed by atoms with Gasteiger partial charge in [-0.05, 0) is 36.0 Å². The lowest BCUT2D eigenvalue weighted by Crippen LogP contribution is -2.31. The zero-order valence-electron chi connectivity index (χ0n) is 11.5. The molecule has 1 aliphatic heterocycles. The number of carbonyl (C=O) groups excluding carboxylic acids is 1. The number of carbonyl (C=O) groups is 1. The molecule has 1 heterocycles. The van der Waals surface area contributed by atoms with Gasteiger partial charge in [0.2, 0.25) is 0 Å². The molecule has 1 atom stereocenters. The molecule has 1 aromatic carbocycles. The molecule has 1 aromatic rings. The molecule has 0 saturated carbocycles. The highest BCUT2D eigenvalue weighted by atomic mass is 35.5. The van der Waals surface area contributed by atoms with E-state index in [1.165, 1.54) is 18.2 Å². The van der Waals surface area contributed by atoms with Crippen LogP contribution in [0, 0.1) is 17.2 Å². The maximum atomic E-state index is 13.7. The molecule has 1 aliphatic rings. The number of benzene rings is 1. The zero-order chi connectivity index (χ0) is 14.2.